The number of benzene rings is 2. The van der Waals surface area contributed by atoms with Crippen LogP contribution >= 0.6 is 11.6 Å². The van der Waals surface area contributed by atoms with Crippen molar-refractivity contribution in [2.24, 2.45) is 0 Å². The molecule has 1 aliphatic heterocycles. The number of hydrogen-bond acceptors (Lipinski definition) is 4. The largest absolute Gasteiger partial charge is 0.435 e. The Balaban J connectivity index is 1.56. The van der Waals surface area contributed by atoms with Crippen LogP contribution in [0.3, 0.4) is 0 Å². The van der Waals surface area contributed by atoms with E-state index in [1.807, 2.05) is 37.7 Å². The molecule has 2 N–H and O–H groups in total. The fourth-order valence-corrected chi connectivity index (χ4v) is 4.28. The van der Waals surface area contributed by atoms with Crippen molar-refractivity contribution >= 4 is 23.2 Å². The zero-order valence-corrected chi connectivity index (χ0v) is 20.2. The Bertz CT molecular complexity index is 1190. The summed E-state index contributed by atoms with van der Waals surface area (Å²) < 4.78 is 45.2. The third kappa shape index (κ3) is 5.79. The minimum Gasteiger partial charge on any atom is -0.435 e. The number of carbonyl (C=O) groups excluding carboxylic acids is 1. The first kappa shape index (κ1) is 25.1. The van der Waals surface area contributed by atoms with Crippen molar-refractivity contribution < 1.29 is 22.7 Å². The molecule has 3 aromatic rings. The third-order valence-electron chi connectivity index (χ3n) is 5.92. The summed E-state index contributed by atoms with van der Waals surface area (Å²) in [6.07, 6.45) is 2.32. The van der Waals surface area contributed by atoms with Gasteiger partial charge in [-0.25, -0.2) is 4.39 Å². The number of rotatable bonds is 6. The van der Waals surface area contributed by atoms with Crippen molar-refractivity contribution in [2.45, 2.75) is 57.3 Å². The van der Waals surface area contributed by atoms with E-state index in [1.165, 1.54) is 36.4 Å². The highest BCUT2D eigenvalue weighted by molar-refractivity contribution is 6.30. The lowest BCUT2D eigenvalue weighted by Gasteiger charge is -2.21. The normalized spacial score (nSPS) is 20.3. The highest BCUT2D eigenvalue weighted by atomic mass is 35.5. The van der Waals surface area contributed by atoms with E-state index in [-0.39, 0.29) is 34.2 Å². The molecule has 0 saturated carbocycles. The number of halogens is 4. The lowest BCUT2D eigenvalue weighted by Crippen LogP contribution is -2.36. The number of ether oxygens (including phenoxy) is 1. The van der Waals surface area contributed by atoms with Gasteiger partial charge < -0.3 is 10.1 Å². The number of hydrogen-bond donors (Lipinski definition) is 2. The Morgan fingerprint density at radius 3 is 2.51 bits per heavy atom. The summed E-state index contributed by atoms with van der Waals surface area (Å²) in [6, 6.07) is 11.2. The van der Waals surface area contributed by atoms with E-state index in [4.69, 9.17) is 16.7 Å². The minimum absolute atomic E-state index is 0.00341. The fourth-order valence-electron chi connectivity index (χ4n) is 4.16. The van der Waals surface area contributed by atoms with Crippen molar-refractivity contribution in [3.63, 3.8) is 0 Å². The van der Waals surface area contributed by atoms with Crippen molar-refractivity contribution in [1.82, 2.24) is 15.1 Å². The van der Waals surface area contributed by atoms with E-state index in [2.05, 4.69) is 15.4 Å². The molecule has 0 bridgehead atoms. The predicted octanol–water partition coefficient (Wildman–Crippen LogP) is 5.86. The zero-order chi connectivity index (χ0) is 25.3. The lowest BCUT2D eigenvalue weighted by atomic mass is 9.90. The van der Waals surface area contributed by atoms with Crippen LogP contribution in [0.4, 0.5) is 18.9 Å². The van der Waals surface area contributed by atoms with Gasteiger partial charge >= 0.3 is 6.61 Å². The first-order valence-corrected chi connectivity index (χ1v) is 11.5. The Hall–Kier alpha value is -3.04. The average molecular weight is 507 g/mol. The van der Waals surface area contributed by atoms with Crippen molar-refractivity contribution in [3.05, 3.63) is 76.8 Å². The third-order valence-corrected chi connectivity index (χ3v) is 6.22. The second-order valence-electron chi connectivity index (χ2n) is 9.46. The quantitative estimate of drug-likeness (QED) is 0.439. The van der Waals surface area contributed by atoms with Gasteiger partial charge in [0.1, 0.15) is 11.6 Å². The van der Waals surface area contributed by atoms with Crippen LogP contribution in [0, 0.1) is 5.82 Å². The van der Waals surface area contributed by atoms with Crippen LogP contribution in [-0.4, -0.2) is 28.3 Å². The predicted molar refractivity (Wildman–Crippen MR) is 127 cm³/mol. The molecular weight excluding hydrogens is 481 g/mol. The van der Waals surface area contributed by atoms with Gasteiger partial charge in [-0.3, -0.25) is 14.8 Å². The van der Waals surface area contributed by atoms with Crippen molar-refractivity contribution in [1.29, 1.82) is 0 Å². The van der Waals surface area contributed by atoms with E-state index >= 15 is 0 Å². The van der Waals surface area contributed by atoms with Crippen LogP contribution in [-0.2, 0) is 10.3 Å². The molecule has 1 aliphatic rings. The number of alkyl halides is 2. The number of carbonyl (C=O) groups is 1. The van der Waals surface area contributed by atoms with E-state index in [0.717, 1.165) is 5.69 Å². The Morgan fingerprint density at radius 2 is 1.91 bits per heavy atom. The van der Waals surface area contributed by atoms with Crippen LogP contribution in [0.2, 0.25) is 5.02 Å². The molecule has 0 radical (unpaired) electrons. The molecule has 0 unspecified atom stereocenters. The molecule has 2 heterocycles. The number of nitrogens with zero attached hydrogens (tertiary/aromatic N) is 2. The van der Waals surface area contributed by atoms with E-state index < -0.39 is 18.5 Å². The minimum atomic E-state index is -2.92. The summed E-state index contributed by atoms with van der Waals surface area (Å²) in [4.78, 5) is 13.1. The SMILES string of the molecule is CC(C)(C)n1ccc([C@@H]2C[C@@H](C(=O)Nc3ccc(OC(F)F)cc3)N[C@H]2c2ccc(Cl)c(F)c2)n1. The van der Waals surface area contributed by atoms with Crippen LogP contribution in [0.1, 0.15) is 50.4 Å². The van der Waals surface area contributed by atoms with Gasteiger partial charge in [0.05, 0.1) is 22.3 Å². The molecule has 3 atom stereocenters. The zero-order valence-electron chi connectivity index (χ0n) is 19.4. The molecule has 1 fully saturated rings. The Kier molecular flexibility index (Phi) is 7.10. The van der Waals surface area contributed by atoms with E-state index in [1.54, 1.807) is 6.07 Å². The maximum atomic E-state index is 14.3. The average Bonchev–Trinajstić information content (AvgIpc) is 3.44. The second-order valence-corrected chi connectivity index (χ2v) is 9.87. The first-order valence-electron chi connectivity index (χ1n) is 11.1. The lowest BCUT2D eigenvalue weighted by molar-refractivity contribution is -0.117. The molecule has 0 aliphatic carbocycles. The van der Waals surface area contributed by atoms with Gasteiger partial charge in [-0.1, -0.05) is 17.7 Å². The summed E-state index contributed by atoms with van der Waals surface area (Å²) in [5.41, 5.74) is 1.67. The highest BCUT2D eigenvalue weighted by Gasteiger charge is 2.40. The van der Waals surface area contributed by atoms with Gasteiger partial charge in [0.15, 0.2) is 0 Å². The molecule has 10 heteroatoms. The number of anilines is 1. The van der Waals surface area contributed by atoms with Crippen LogP contribution in [0.5, 0.6) is 5.75 Å². The van der Waals surface area contributed by atoms with Crippen LogP contribution in [0.25, 0.3) is 0 Å². The molecule has 1 aromatic heterocycles. The topological polar surface area (TPSA) is 68.2 Å². The maximum absolute atomic E-state index is 14.3. The van der Waals surface area contributed by atoms with E-state index in [9.17, 15) is 18.0 Å². The van der Waals surface area contributed by atoms with Crippen molar-refractivity contribution in [3.8, 4) is 5.75 Å². The molecule has 35 heavy (non-hydrogen) atoms. The summed E-state index contributed by atoms with van der Waals surface area (Å²) in [7, 11) is 0. The molecule has 1 amide bonds. The summed E-state index contributed by atoms with van der Waals surface area (Å²) in [5, 5.41) is 10.9. The fraction of sp³-hybridized carbons (Fsp3) is 0.360. The monoisotopic (exact) mass is 506 g/mol. The van der Waals surface area contributed by atoms with Crippen LogP contribution in [0.15, 0.2) is 54.7 Å². The summed E-state index contributed by atoms with van der Waals surface area (Å²) >= 11 is 5.88. The number of nitrogens with one attached hydrogen (secondary N) is 2. The Labute approximate surface area is 206 Å². The van der Waals surface area contributed by atoms with E-state index in [0.29, 0.717) is 17.7 Å². The van der Waals surface area contributed by atoms with Crippen LogP contribution < -0.4 is 15.4 Å². The molecule has 2 aromatic carbocycles. The van der Waals surface area contributed by atoms with Gasteiger partial charge in [-0.05, 0) is 75.2 Å². The van der Waals surface area contributed by atoms with Gasteiger partial charge in [-0.2, -0.15) is 13.9 Å². The summed E-state index contributed by atoms with van der Waals surface area (Å²) in [5.74, 6) is -1.04. The first-order chi connectivity index (χ1) is 16.5. The number of amides is 1. The molecule has 186 valence electrons. The molecule has 0 spiro atoms. The van der Waals surface area contributed by atoms with Gasteiger partial charge in [-0.15, -0.1) is 0 Å². The maximum Gasteiger partial charge on any atom is 0.387 e. The van der Waals surface area contributed by atoms with Crippen molar-refractivity contribution in [2.75, 3.05) is 5.32 Å². The molecule has 6 nitrogen and oxygen atoms in total. The molecule has 1 saturated heterocycles. The highest BCUT2D eigenvalue weighted by Crippen LogP contribution is 2.41. The Morgan fingerprint density at radius 1 is 1.20 bits per heavy atom. The molecular formula is C25H26ClF3N4O2. The standard InChI is InChI=1S/C25H26ClF3N4O2/c1-25(2,3)33-11-10-20(32-33)17-13-21(31-22(17)14-4-9-18(26)19(27)12-14)23(34)30-15-5-7-16(8-6-15)35-24(28)29/h4-12,17,21-22,24,31H,13H2,1-3H3,(H,30,34)/t17-,21-,22-/m0/s1. The van der Waals surface area contributed by atoms with Gasteiger partial charge in [0.25, 0.3) is 0 Å². The molecule has 4 rings (SSSR count). The summed E-state index contributed by atoms with van der Waals surface area (Å²) in [6.45, 7) is 3.19. The van der Waals surface area contributed by atoms with Gasteiger partial charge in [0.2, 0.25) is 5.91 Å². The second kappa shape index (κ2) is 9.91. The van der Waals surface area contributed by atoms with Gasteiger partial charge in [0, 0.05) is 23.8 Å². The smallest absolute Gasteiger partial charge is 0.387 e. The number of aromatic nitrogens is 2.